The molecule has 1 aliphatic rings. The average Bonchev–Trinajstić information content (AvgIpc) is 2.46. The maximum Gasteiger partial charge on any atom is 0.118 e. The van der Waals surface area contributed by atoms with Crippen molar-refractivity contribution >= 4 is 0 Å². The molecule has 0 saturated carbocycles. The Bertz CT molecular complexity index is 363. The summed E-state index contributed by atoms with van der Waals surface area (Å²) in [6.45, 7) is 5.40. The molecule has 0 bridgehead atoms. The van der Waals surface area contributed by atoms with Gasteiger partial charge in [-0.3, -0.25) is 4.90 Å². The van der Waals surface area contributed by atoms with Gasteiger partial charge in [0.25, 0.3) is 0 Å². The van der Waals surface area contributed by atoms with Gasteiger partial charge in [-0.05, 0) is 56.5 Å². The number of hydrogen-bond acceptors (Lipinski definition) is 3. The van der Waals surface area contributed by atoms with Gasteiger partial charge in [-0.15, -0.1) is 0 Å². The van der Waals surface area contributed by atoms with E-state index in [0.29, 0.717) is 12.0 Å². The summed E-state index contributed by atoms with van der Waals surface area (Å²) in [6, 6.07) is 8.86. The van der Waals surface area contributed by atoms with Crippen molar-refractivity contribution in [3.63, 3.8) is 0 Å². The third-order valence-electron chi connectivity index (χ3n) is 4.03. The van der Waals surface area contributed by atoms with Crippen molar-refractivity contribution in [2.24, 2.45) is 11.7 Å². The van der Waals surface area contributed by atoms with Crippen LogP contribution in [0.25, 0.3) is 0 Å². The number of hydrogen-bond donors (Lipinski definition) is 1. The Kier molecular flexibility index (Phi) is 4.61. The van der Waals surface area contributed by atoms with Gasteiger partial charge in [0.15, 0.2) is 0 Å². The summed E-state index contributed by atoms with van der Waals surface area (Å²) in [6.07, 6.45) is 2.55. The predicted octanol–water partition coefficient (Wildman–Crippen LogP) is 2.43. The van der Waals surface area contributed by atoms with E-state index in [9.17, 15) is 0 Å². The number of rotatable bonds is 4. The third kappa shape index (κ3) is 3.03. The van der Waals surface area contributed by atoms with Crippen LogP contribution in [0.15, 0.2) is 24.3 Å². The predicted molar refractivity (Wildman–Crippen MR) is 74.8 cm³/mol. The average molecular weight is 248 g/mol. The number of nitrogens with two attached hydrogens (primary N) is 1. The molecule has 0 aliphatic carbocycles. The highest BCUT2D eigenvalue weighted by atomic mass is 16.5. The van der Waals surface area contributed by atoms with Crippen molar-refractivity contribution in [2.45, 2.75) is 25.8 Å². The molecule has 0 radical (unpaired) electrons. The summed E-state index contributed by atoms with van der Waals surface area (Å²) in [7, 11) is 1.70. The Balaban J connectivity index is 2.02. The van der Waals surface area contributed by atoms with E-state index < -0.39 is 0 Å². The minimum atomic E-state index is 0.463. The first-order valence-corrected chi connectivity index (χ1v) is 6.82. The van der Waals surface area contributed by atoms with Crippen LogP contribution in [0.1, 0.15) is 31.4 Å². The zero-order valence-corrected chi connectivity index (χ0v) is 11.4. The molecule has 0 spiro atoms. The summed E-state index contributed by atoms with van der Waals surface area (Å²) >= 11 is 0. The number of nitrogens with zero attached hydrogens (tertiary/aromatic N) is 1. The smallest absolute Gasteiger partial charge is 0.118 e. The van der Waals surface area contributed by atoms with Gasteiger partial charge in [-0.2, -0.15) is 0 Å². The van der Waals surface area contributed by atoms with Crippen LogP contribution >= 0.6 is 0 Å². The lowest BCUT2D eigenvalue weighted by Gasteiger charge is -2.36. The number of likely N-dealkylation sites (tertiary alicyclic amines) is 1. The van der Waals surface area contributed by atoms with Gasteiger partial charge in [0.05, 0.1) is 7.11 Å². The molecular formula is C15H24N2O. The Hall–Kier alpha value is -1.06. The Morgan fingerprint density at radius 3 is 2.72 bits per heavy atom. The quantitative estimate of drug-likeness (QED) is 0.889. The van der Waals surface area contributed by atoms with Crippen LogP contribution in [0.4, 0.5) is 0 Å². The molecule has 2 atom stereocenters. The van der Waals surface area contributed by atoms with Gasteiger partial charge < -0.3 is 10.5 Å². The maximum absolute atomic E-state index is 5.80. The van der Waals surface area contributed by atoms with Crippen molar-refractivity contribution < 1.29 is 4.74 Å². The Morgan fingerprint density at radius 1 is 1.39 bits per heavy atom. The van der Waals surface area contributed by atoms with Gasteiger partial charge in [-0.25, -0.2) is 0 Å². The van der Waals surface area contributed by atoms with E-state index in [-0.39, 0.29) is 0 Å². The first-order valence-electron chi connectivity index (χ1n) is 6.82. The van der Waals surface area contributed by atoms with Crippen molar-refractivity contribution in [3.05, 3.63) is 29.8 Å². The Labute approximate surface area is 110 Å². The van der Waals surface area contributed by atoms with Crippen LogP contribution < -0.4 is 10.5 Å². The normalized spacial score (nSPS) is 22.7. The lowest BCUT2D eigenvalue weighted by Crippen LogP contribution is -2.39. The molecule has 1 heterocycles. The van der Waals surface area contributed by atoms with Crippen molar-refractivity contribution in [1.82, 2.24) is 4.90 Å². The Morgan fingerprint density at radius 2 is 2.11 bits per heavy atom. The topological polar surface area (TPSA) is 38.5 Å². The molecule has 1 fully saturated rings. The molecule has 3 heteroatoms. The van der Waals surface area contributed by atoms with E-state index in [1.54, 1.807) is 7.11 Å². The molecule has 3 nitrogen and oxygen atoms in total. The molecule has 100 valence electrons. The maximum atomic E-state index is 5.80. The first kappa shape index (κ1) is 13.4. The molecule has 2 N–H and O–H groups in total. The minimum absolute atomic E-state index is 0.463. The van der Waals surface area contributed by atoms with Gasteiger partial charge in [-0.1, -0.05) is 12.1 Å². The van der Waals surface area contributed by atoms with Gasteiger partial charge in [0.2, 0.25) is 0 Å². The monoisotopic (exact) mass is 248 g/mol. The van der Waals surface area contributed by atoms with Crippen LogP contribution in [0.5, 0.6) is 5.75 Å². The first-order chi connectivity index (χ1) is 8.74. The van der Waals surface area contributed by atoms with E-state index in [2.05, 4.69) is 24.0 Å². The summed E-state index contributed by atoms with van der Waals surface area (Å²) in [4.78, 5) is 2.54. The summed E-state index contributed by atoms with van der Waals surface area (Å²) in [5.41, 5.74) is 7.15. The molecule has 2 unspecified atom stereocenters. The SMILES string of the molecule is COc1ccc(C(C)N2CCCC(CN)C2)cc1. The van der Waals surface area contributed by atoms with E-state index in [1.807, 2.05) is 12.1 Å². The van der Waals surface area contributed by atoms with E-state index in [4.69, 9.17) is 10.5 Å². The van der Waals surface area contributed by atoms with Gasteiger partial charge >= 0.3 is 0 Å². The van der Waals surface area contributed by atoms with Gasteiger partial charge in [0.1, 0.15) is 5.75 Å². The fraction of sp³-hybridized carbons (Fsp3) is 0.600. The summed E-state index contributed by atoms with van der Waals surface area (Å²) in [5, 5.41) is 0. The van der Waals surface area contributed by atoms with Crippen LogP contribution in [-0.2, 0) is 0 Å². The van der Waals surface area contributed by atoms with E-state index in [1.165, 1.54) is 24.9 Å². The molecule has 1 aromatic carbocycles. The standard InChI is InChI=1S/C15H24N2O/c1-12(14-5-7-15(18-2)8-6-14)17-9-3-4-13(10-16)11-17/h5-8,12-13H,3-4,9-11,16H2,1-2H3. The molecular weight excluding hydrogens is 224 g/mol. The molecule has 1 saturated heterocycles. The largest absolute Gasteiger partial charge is 0.497 e. The highest BCUT2D eigenvalue weighted by Crippen LogP contribution is 2.27. The second kappa shape index (κ2) is 6.21. The van der Waals surface area contributed by atoms with Crippen molar-refractivity contribution in [3.8, 4) is 5.75 Å². The van der Waals surface area contributed by atoms with Crippen LogP contribution in [0.2, 0.25) is 0 Å². The lowest BCUT2D eigenvalue weighted by molar-refractivity contribution is 0.134. The highest BCUT2D eigenvalue weighted by molar-refractivity contribution is 5.28. The zero-order valence-electron chi connectivity index (χ0n) is 11.4. The van der Waals surface area contributed by atoms with Gasteiger partial charge in [0, 0.05) is 12.6 Å². The number of ether oxygens (including phenoxy) is 1. The molecule has 1 aliphatic heterocycles. The minimum Gasteiger partial charge on any atom is -0.497 e. The number of benzene rings is 1. The fourth-order valence-electron chi connectivity index (χ4n) is 2.73. The third-order valence-corrected chi connectivity index (χ3v) is 4.03. The fourth-order valence-corrected chi connectivity index (χ4v) is 2.73. The molecule has 18 heavy (non-hydrogen) atoms. The number of methoxy groups -OCH3 is 1. The van der Waals surface area contributed by atoms with Crippen LogP contribution in [0.3, 0.4) is 0 Å². The van der Waals surface area contributed by atoms with Crippen LogP contribution in [-0.4, -0.2) is 31.6 Å². The molecule has 0 amide bonds. The second-order valence-corrected chi connectivity index (χ2v) is 5.19. The second-order valence-electron chi connectivity index (χ2n) is 5.19. The molecule has 1 aromatic rings. The van der Waals surface area contributed by atoms with Crippen molar-refractivity contribution in [2.75, 3.05) is 26.7 Å². The van der Waals surface area contributed by atoms with Crippen LogP contribution in [0, 0.1) is 5.92 Å². The summed E-state index contributed by atoms with van der Waals surface area (Å²) in [5.74, 6) is 1.59. The number of piperidine rings is 1. The highest BCUT2D eigenvalue weighted by Gasteiger charge is 2.23. The van der Waals surface area contributed by atoms with E-state index >= 15 is 0 Å². The summed E-state index contributed by atoms with van der Waals surface area (Å²) < 4.78 is 5.20. The lowest BCUT2D eigenvalue weighted by atomic mass is 9.95. The molecule has 2 rings (SSSR count). The zero-order chi connectivity index (χ0) is 13.0. The molecule has 0 aromatic heterocycles. The van der Waals surface area contributed by atoms with E-state index in [0.717, 1.165) is 18.8 Å². The van der Waals surface area contributed by atoms with Crippen molar-refractivity contribution in [1.29, 1.82) is 0 Å².